The van der Waals surface area contributed by atoms with Gasteiger partial charge in [-0.25, -0.2) is 4.79 Å². The molecule has 0 aliphatic carbocycles. The Hall–Kier alpha value is -1.55. The van der Waals surface area contributed by atoms with E-state index < -0.39 is 6.09 Å². The molecule has 3 N–H and O–H groups in total. The molecule has 1 rings (SSSR count). The quantitative estimate of drug-likeness (QED) is 0.663. The number of nitrogens with one attached hydrogen (secondary N) is 2. The average molecular weight is 208 g/mol. The molecule has 0 aromatic heterocycles. The summed E-state index contributed by atoms with van der Waals surface area (Å²) in [5.41, 5.74) is 1.14. The minimum absolute atomic E-state index is 0.119. The van der Waals surface area contributed by atoms with Gasteiger partial charge in [0.15, 0.2) is 0 Å². The highest BCUT2D eigenvalue weighted by atomic mass is 16.4. The highest BCUT2D eigenvalue weighted by Crippen LogP contribution is 2.11. The van der Waals surface area contributed by atoms with Gasteiger partial charge in [-0.2, -0.15) is 0 Å². The average Bonchev–Trinajstić information content (AvgIpc) is 2.17. The second kappa shape index (κ2) is 5.36. The van der Waals surface area contributed by atoms with E-state index in [-0.39, 0.29) is 12.2 Å². The summed E-state index contributed by atoms with van der Waals surface area (Å²) in [6, 6.07) is 10.0. The van der Waals surface area contributed by atoms with Crippen molar-refractivity contribution < 1.29 is 9.90 Å². The Kier molecular flexibility index (Phi) is 4.12. The zero-order valence-electron chi connectivity index (χ0n) is 8.90. The van der Waals surface area contributed by atoms with E-state index in [2.05, 4.69) is 10.6 Å². The van der Waals surface area contributed by atoms with Gasteiger partial charge in [0.2, 0.25) is 0 Å². The van der Waals surface area contributed by atoms with Gasteiger partial charge < -0.3 is 10.4 Å². The lowest BCUT2D eigenvalue weighted by Gasteiger charge is -2.20. The Bertz CT molecular complexity index is 314. The van der Waals surface area contributed by atoms with Crippen molar-refractivity contribution in [3.8, 4) is 0 Å². The molecule has 4 nitrogen and oxygen atoms in total. The molecule has 0 bridgehead atoms. The molecule has 2 atom stereocenters. The summed E-state index contributed by atoms with van der Waals surface area (Å²) in [7, 11) is 0. The van der Waals surface area contributed by atoms with Crippen molar-refractivity contribution in [2.45, 2.75) is 26.1 Å². The minimum Gasteiger partial charge on any atom is -0.465 e. The summed E-state index contributed by atoms with van der Waals surface area (Å²) in [6.07, 6.45) is -1.28. The second-order valence-electron chi connectivity index (χ2n) is 3.47. The normalized spacial score (nSPS) is 14.3. The van der Waals surface area contributed by atoms with Crippen molar-refractivity contribution in [2.24, 2.45) is 0 Å². The minimum atomic E-state index is -1.02. The van der Waals surface area contributed by atoms with Crippen LogP contribution >= 0.6 is 0 Å². The third-order valence-electron chi connectivity index (χ3n) is 2.14. The van der Waals surface area contributed by atoms with Gasteiger partial charge in [-0.1, -0.05) is 30.3 Å². The molecule has 0 aliphatic heterocycles. The topological polar surface area (TPSA) is 61.4 Å². The molecule has 82 valence electrons. The van der Waals surface area contributed by atoms with Gasteiger partial charge in [-0.05, 0) is 19.4 Å². The third kappa shape index (κ3) is 3.99. The van der Waals surface area contributed by atoms with Gasteiger partial charge in [0.25, 0.3) is 0 Å². The summed E-state index contributed by atoms with van der Waals surface area (Å²) in [4.78, 5) is 10.4. The molecule has 2 unspecified atom stereocenters. The molecule has 0 saturated heterocycles. The molecular formula is C11H16N2O2. The van der Waals surface area contributed by atoms with Gasteiger partial charge in [0.1, 0.15) is 0 Å². The molecule has 1 aromatic rings. The standard InChI is InChI=1S/C11H16N2O2/c1-8(10-6-4-3-5-7-10)12-9(2)13-11(14)15/h3-9,12-13H,1-2H3,(H,14,15). The first-order chi connectivity index (χ1) is 7.09. The van der Waals surface area contributed by atoms with Gasteiger partial charge >= 0.3 is 6.09 Å². The number of amides is 1. The summed E-state index contributed by atoms with van der Waals surface area (Å²) in [6.45, 7) is 3.77. The fourth-order valence-corrected chi connectivity index (χ4v) is 1.44. The second-order valence-corrected chi connectivity index (χ2v) is 3.47. The largest absolute Gasteiger partial charge is 0.465 e. The molecule has 1 aromatic carbocycles. The lowest BCUT2D eigenvalue weighted by Crippen LogP contribution is -2.43. The Morgan fingerprint density at radius 2 is 1.87 bits per heavy atom. The lowest BCUT2D eigenvalue weighted by atomic mass is 10.1. The van der Waals surface area contributed by atoms with Crippen molar-refractivity contribution in [3.63, 3.8) is 0 Å². The Balaban J connectivity index is 2.49. The molecule has 4 heteroatoms. The van der Waals surface area contributed by atoms with Crippen molar-refractivity contribution in [3.05, 3.63) is 35.9 Å². The van der Waals surface area contributed by atoms with Crippen LogP contribution in [0.1, 0.15) is 25.5 Å². The molecule has 0 heterocycles. The molecule has 15 heavy (non-hydrogen) atoms. The number of carboxylic acid groups (broad SMARTS) is 1. The maximum absolute atomic E-state index is 10.4. The summed E-state index contributed by atoms with van der Waals surface area (Å²) < 4.78 is 0. The molecule has 0 aliphatic rings. The van der Waals surface area contributed by atoms with E-state index in [1.807, 2.05) is 37.3 Å². The number of benzene rings is 1. The van der Waals surface area contributed by atoms with Gasteiger partial charge in [-0.15, -0.1) is 0 Å². The van der Waals surface area contributed by atoms with Crippen LogP contribution in [-0.4, -0.2) is 17.4 Å². The van der Waals surface area contributed by atoms with Crippen LogP contribution in [0.3, 0.4) is 0 Å². The third-order valence-corrected chi connectivity index (χ3v) is 2.14. The maximum atomic E-state index is 10.4. The molecule has 1 amide bonds. The van der Waals surface area contributed by atoms with E-state index in [0.29, 0.717) is 0 Å². The zero-order chi connectivity index (χ0) is 11.3. The van der Waals surface area contributed by atoms with E-state index in [1.165, 1.54) is 0 Å². The molecule has 0 fully saturated rings. The monoisotopic (exact) mass is 208 g/mol. The van der Waals surface area contributed by atoms with E-state index in [1.54, 1.807) is 6.92 Å². The maximum Gasteiger partial charge on any atom is 0.405 e. The fourth-order valence-electron chi connectivity index (χ4n) is 1.44. The van der Waals surface area contributed by atoms with Crippen LogP contribution in [0.2, 0.25) is 0 Å². The van der Waals surface area contributed by atoms with Crippen LogP contribution in [0.15, 0.2) is 30.3 Å². The van der Waals surface area contributed by atoms with Crippen LogP contribution in [0.4, 0.5) is 4.79 Å². The van der Waals surface area contributed by atoms with Gasteiger partial charge in [0.05, 0.1) is 6.17 Å². The zero-order valence-corrected chi connectivity index (χ0v) is 8.90. The number of hydrogen-bond donors (Lipinski definition) is 3. The molecule has 0 spiro atoms. The molecule has 0 radical (unpaired) electrons. The Labute approximate surface area is 89.3 Å². The summed E-state index contributed by atoms with van der Waals surface area (Å²) >= 11 is 0. The first kappa shape index (κ1) is 11.5. The Morgan fingerprint density at radius 3 is 2.40 bits per heavy atom. The van der Waals surface area contributed by atoms with E-state index in [4.69, 9.17) is 5.11 Å². The smallest absolute Gasteiger partial charge is 0.405 e. The van der Waals surface area contributed by atoms with Crippen LogP contribution in [0, 0.1) is 0 Å². The number of hydrogen-bond acceptors (Lipinski definition) is 2. The summed E-state index contributed by atoms with van der Waals surface area (Å²) in [5.74, 6) is 0. The van der Waals surface area contributed by atoms with Crippen LogP contribution < -0.4 is 10.6 Å². The van der Waals surface area contributed by atoms with E-state index >= 15 is 0 Å². The van der Waals surface area contributed by atoms with Crippen molar-refractivity contribution >= 4 is 6.09 Å². The Morgan fingerprint density at radius 1 is 1.27 bits per heavy atom. The predicted octanol–water partition coefficient (Wildman–Crippen LogP) is 1.95. The van der Waals surface area contributed by atoms with Crippen LogP contribution in [0.25, 0.3) is 0 Å². The predicted molar refractivity (Wildman–Crippen MR) is 58.6 cm³/mol. The molecular weight excluding hydrogens is 192 g/mol. The van der Waals surface area contributed by atoms with Crippen LogP contribution in [-0.2, 0) is 0 Å². The first-order valence-electron chi connectivity index (χ1n) is 4.90. The lowest BCUT2D eigenvalue weighted by molar-refractivity contribution is 0.187. The number of carbonyl (C=O) groups is 1. The van der Waals surface area contributed by atoms with Crippen LogP contribution in [0.5, 0.6) is 0 Å². The first-order valence-corrected chi connectivity index (χ1v) is 4.90. The highest BCUT2D eigenvalue weighted by molar-refractivity contribution is 5.64. The molecule has 0 saturated carbocycles. The van der Waals surface area contributed by atoms with Crippen molar-refractivity contribution in [1.82, 2.24) is 10.6 Å². The number of rotatable bonds is 4. The fraction of sp³-hybridized carbons (Fsp3) is 0.364. The van der Waals surface area contributed by atoms with Gasteiger partial charge in [-0.3, -0.25) is 5.32 Å². The van der Waals surface area contributed by atoms with Gasteiger partial charge in [0, 0.05) is 6.04 Å². The summed E-state index contributed by atoms with van der Waals surface area (Å²) in [5, 5.41) is 14.0. The van der Waals surface area contributed by atoms with Crippen molar-refractivity contribution in [2.75, 3.05) is 0 Å². The SMILES string of the molecule is CC(NC(=O)O)NC(C)c1ccccc1. The van der Waals surface area contributed by atoms with Crippen molar-refractivity contribution in [1.29, 1.82) is 0 Å². The van der Waals surface area contributed by atoms with E-state index in [0.717, 1.165) is 5.56 Å². The highest BCUT2D eigenvalue weighted by Gasteiger charge is 2.09. The van der Waals surface area contributed by atoms with E-state index in [9.17, 15) is 4.79 Å².